The summed E-state index contributed by atoms with van der Waals surface area (Å²) < 4.78 is 31.9. The van der Waals surface area contributed by atoms with Crippen LogP contribution in [0.5, 0.6) is 28.7 Å². The van der Waals surface area contributed by atoms with Gasteiger partial charge in [0.05, 0.1) is 43.0 Å². The van der Waals surface area contributed by atoms with Crippen molar-refractivity contribution in [3.05, 3.63) is 417 Å². The van der Waals surface area contributed by atoms with Crippen molar-refractivity contribution in [3.63, 3.8) is 0 Å². The van der Waals surface area contributed by atoms with Gasteiger partial charge < -0.3 is 48.2 Å². The fraction of sp³-hybridized carbons (Fsp3) is 0.237. The molecule has 0 bridgehead atoms. The lowest BCUT2D eigenvalue weighted by Gasteiger charge is -2.57. The van der Waals surface area contributed by atoms with Gasteiger partial charge in [-0.3, -0.25) is 0 Å². The van der Waals surface area contributed by atoms with Gasteiger partial charge in [-0.2, -0.15) is 0 Å². The second-order valence-corrected chi connectivity index (χ2v) is 34.5. The molecule has 0 saturated carbocycles. The van der Waals surface area contributed by atoms with Gasteiger partial charge in [0, 0.05) is 97.8 Å². The second kappa shape index (κ2) is 40.5. The van der Waals surface area contributed by atoms with Crippen LogP contribution in [0.15, 0.2) is 400 Å². The summed E-state index contributed by atoms with van der Waals surface area (Å²) in [6.07, 6.45) is 8.09. The molecule has 1 heterocycles. The molecule has 1 aliphatic rings. The van der Waals surface area contributed by atoms with Crippen LogP contribution in [0.25, 0.3) is 22.3 Å². The van der Waals surface area contributed by atoms with E-state index in [2.05, 4.69) is 481 Å². The number of rotatable bonds is 40. The van der Waals surface area contributed by atoms with E-state index in [-0.39, 0.29) is 21.9 Å². The van der Waals surface area contributed by atoms with Gasteiger partial charge >= 0.3 is 0 Å². The molecule has 0 radical (unpaired) electrons. The van der Waals surface area contributed by atoms with E-state index in [1.54, 1.807) is 0 Å². The highest BCUT2D eigenvalue weighted by Gasteiger charge is 2.53. The average Bonchev–Trinajstić information content (AvgIpc) is 0.710. The van der Waals surface area contributed by atoms with E-state index in [0.717, 1.165) is 197 Å². The van der Waals surface area contributed by atoms with Crippen molar-refractivity contribution in [2.75, 3.05) is 57.5 Å². The molecule has 1 atom stereocenters. The maximum absolute atomic E-state index is 6.85. The topological polar surface area (TPSA) is 62.4 Å². The third kappa shape index (κ3) is 18.7. The summed E-state index contributed by atoms with van der Waals surface area (Å²) in [6.45, 7) is 24.5. The summed E-state index contributed by atoms with van der Waals surface area (Å²) in [7, 11) is 0. The van der Waals surface area contributed by atoms with Crippen molar-refractivity contribution in [3.8, 4) is 51.0 Å². The predicted molar refractivity (Wildman–Crippen MR) is 535 cm³/mol. The first-order chi connectivity index (χ1) is 62.8. The largest absolute Gasteiger partial charge is 0.494 e. The molecule has 15 aromatic carbocycles. The second-order valence-electron chi connectivity index (χ2n) is 34.5. The first-order valence-corrected chi connectivity index (χ1v) is 46.2. The van der Waals surface area contributed by atoms with E-state index < -0.39 is 5.54 Å². The van der Waals surface area contributed by atoms with Crippen LogP contribution < -0.4 is 38.7 Å². The first-order valence-electron chi connectivity index (χ1n) is 46.2. The lowest BCUT2D eigenvalue weighted by molar-refractivity contribution is -0.138. The highest BCUT2D eigenvalue weighted by molar-refractivity contribution is 5.82. The molecule has 10 heteroatoms. The van der Waals surface area contributed by atoms with Gasteiger partial charge in [0.25, 0.3) is 0 Å². The third-order valence-corrected chi connectivity index (χ3v) is 26.9. The molecule has 0 aromatic heterocycles. The molecule has 1 aliphatic heterocycles. The molecule has 0 aliphatic carbocycles. The molecule has 1 saturated heterocycles. The zero-order valence-corrected chi connectivity index (χ0v) is 75.8. The van der Waals surface area contributed by atoms with Crippen molar-refractivity contribution < 1.29 is 23.7 Å². The Morgan fingerprint density at radius 1 is 0.281 bits per heavy atom. The maximum atomic E-state index is 6.85. The smallest absolute Gasteiger partial charge is 0.129 e. The van der Waals surface area contributed by atoms with Gasteiger partial charge in [0.2, 0.25) is 0 Å². The number of hydrogen-bond donors (Lipinski definition) is 0. The average molecular weight is 1690 g/mol. The normalized spacial score (nSPS) is 13.0. The highest BCUT2D eigenvalue weighted by atomic mass is 16.5. The molecule has 0 spiro atoms. The Balaban J connectivity index is 0.648. The van der Waals surface area contributed by atoms with Gasteiger partial charge in [0.15, 0.2) is 0 Å². The highest BCUT2D eigenvalue weighted by Crippen LogP contribution is 2.55. The van der Waals surface area contributed by atoms with Crippen molar-refractivity contribution >= 4 is 68.2 Å². The molecule has 10 nitrogen and oxygen atoms in total. The number of ether oxygens (including phenoxy) is 5. The van der Waals surface area contributed by atoms with E-state index in [1.165, 1.54) is 16.7 Å². The Bertz CT molecular complexity index is 5920. The molecule has 128 heavy (non-hydrogen) atoms. The summed E-state index contributed by atoms with van der Waals surface area (Å²) in [6, 6.07) is 144. The summed E-state index contributed by atoms with van der Waals surface area (Å²) >= 11 is 0. The third-order valence-electron chi connectivity index (χ3n) is 26.9. The molecule has 0 N–H and O–H groups in total. The van der Waals surface area contributed by atoms with Crippen LogP contribution in [0.3, 0.4) is 0 Å². The van der Waals surface area contributed by atoms with E-state index in [4.69, 9.17) is 23.7 Å². The summed E-state index contributed by atoms with van der Waals surface area (Å²) in [4.78, 5) is 12.2. The zero-order chi connectivity index (χ0) is 88.3. The minimum Gasteiger partial charge on any atom is -0.494 e. The molecule has 648 valence electrons. The standard InChI is InChI=1S/C118H121N5O5/c1-10-115(9,121(102-45-29-20-30-46-102)103-47-31-21-32-48-103)94-63-55-90(56-64-94)92-59-67-99(68-60-92)119(97-41-25-18-26-42-97)101-71-77-109(78-72-101)127-110-81-75-106(76-82-110)123(108-52-38-53-112(86-108)126-84-36-35-83-124-87-114(8)88-125-89-114)118(15-6,16-7)116(11-2,12-3)95-65-57-91(58-66-95)93-61-69-100(70-62-93)120(98-43-27-19-28-44-98)107-51-37-54-113(85-107)128-111-79-73-105(74-80-111)122(104-49-33-22-34-50-104)117(13-4,14-5)96-39-23-17-24-40-96/h17-34,37-82,85-86H,10-16,35-36,83-84,87-89H2,1-9H3. The quantitative estimate of drug-likeness (QED) is 0.0347. The summed E-state index contributed by atoms with van der Waals surface area (Å²) in [5, 5.41) is 0. The van der Waals surface area contributed by atoms with E-state index in [1.807, 2.05) is 6.07 Å². The van der Waals surface area contributed by atoms with Gasteiger partial charge in [0.1, 0.15) is 28.7 Å². The Morgan fingerprint density at radius 3 is 1.05 bits per heavy atom. The van der Waals surface area contributed by atoms with Gasteiger partial charge in [-0.25, -0.2) is 0 Å². The molecular formula is C118H121N5O5. The fourth-order valence-electron chi connectivity index (χ4n) is 19.8. The number of hydrogen-bond acceptors (Lipinski definition) is 10. The van der Waals surface area contributed by atoms with E-state index >= 15 is 0 Å². The van der Waals surface area contributed by atoms with Crippen molar-refractivity contribution in [2.45, 2.75) is 142 Å². The fourth-order valence-corrected chi connectivity index (χ4v) is 19.8. The minimum atomic E-state index is -0.435. The molecule has 0 amide bonds. The van der Waals surface area contributed by atoms with Crippen LogP contribution in [0.2, 0.25) is 0 Å². The van der Waals surface area contributed by atoms with Gasteiger partial charge in [-0.1, -0.05) is 262 Å². The SMILES string of the molecule is CCC(C)(c1ccc(-c2ccc(N(c3ccccc3)c3ccc(Oc4ccc(N(c5cccc(OCCCCOCC6(C)COC6)c5)C(CC)(CC)C(CC)(CC)c5ccc(-c6ccc(N(c7ccccc7)c7cccc(Oc8ccc(N(c9ccccc9)C(CC)(CC)c9ccccc9)cc8)c7)cc6)cc5)cc4)cc3)cc2)cc1)N(c1ccccc1)c1ccccc1. The molecule has 15 aromatic rings. The minimum absolute atomic E-state index is 0.126. The van der Waals surface area contributed by atoms with Crippen molar-refractivity contribution in [1.29, 1.82) is 0 Å². The van der Waals surface area contributed by atoms with Crippen LogP contribution in [0.1, 0.15) is 137 Å². The van der Waals surface area contributed by atoms with Crippen LogP contribution >= 0.6 is 0 Å². The van der Waals surface area contributed by atoms with Gasteiger partial charge in [-0.15, -0.1) is 0 Å². The zero-order valence-electron chi connectivity index (χ0n) is 75.8. The Hall–Kier alpha value is -13.4. The van der Waals surface area contributed by atoms with Crippen LogP contribution in [-0.4, -0.2) is 38.6 Å². The van der Waals surface area contributed by atoms with E-state index in [0.29, 0.717) is 13.2 Å². The number of benzene rings is 15. The monoisotopic (exact) mass is 1690 g/mol. The Morgan fingerprint density at radius 2 is 0.625 bits per heavy atom. The first kappa shape index (κ1) is 88.1. The number of anilines is 12. The Labute approximate surface area is 760 Å². The molecule has 1 unspecified atom stereocenters. The van der Waals surface area contributed by atoms with Crippen LogP contribution in [-0.2, 0) is 26.0 Å². The number of unbranched alkanes of at least 4 members (excludes halogenated alkanes) is 1. The lowest BCUT2D eigenvalue weighted by atomic mass is 9.58. The van der Waals surface area contributed by atoms with Crippen LogP contribution in [0.4, 0.5) is 68.2 Å². The summed E-state index contributed by atoms with van der Waals surface area (Å²) in [5.41, 5.74) is 20.2. The van der Waals surface area contributed by atoms with E-state index in [9.17, 15) is 0 Å². The molecule has 1 fully saturated rings. The number of nitrogens with zero attached hydrogens (tertiary/aromatic N) is 5. The molecular weight excluding hydrogens is 1570 g/mol. The van der Waals surface area contributed by atoms with Crippen molar-refractivity contribution in [1.82, 2.24) is 0 Å². The van der Waals surface area contributed by atoms with Crippen LogP contribution in [0, 0.1) is 5.41 Å². The van der Waals surface area contributed by atoms with Gasteiger partial charge in [-0.05, 0) is 286 Å². The summed E-state index contributed by atoms with van der Waals surface area (Å²) in [5.74, 6) is 3.84. The Kier molecular flexibility index (Phi) is 27.9. The lowest BCUT2D eigenvalue weighted by Crippen LogP contribution is -2.60. The predicted octanol–water partition coefficient (Wildman–Crippen LogP) is 32.5. The number of para-hydroxylation sites is 5. The van der Waals surface area contributed by atoms with Crippen molar-refractivity contribution in [2.24, 2.45) is 5.41 Å². The molecule has 16 rings (SSSR count). The maximum Gasteiger partial charge on any atom is 0.129 e.